The zero-order chi connectivity index (χ0) is 20.1. The van der Waals surface area contributed by atoms with Crippen molar-refractivity contribution in [2.75, 3.05) is 11.9 Å². The van der Waals surface area contributed by atoms with Gasteiger partial charge in [-0.2, -0.15) is 0 Å². The number of nitrogens with one attached hydrogen (secondary N) is 1. The Morgan fingerprint density at radius 2 is 1.61 bits per heavy atom. The Morgan fingerprint density at radius 1 is 0.964 bits per heavy atom. The number of ether oxygens (including phenoxy) is 1. The van der Waals surface area contributed by atoms with Crippen LogP contribution in [-0.4, -0.2) is 17.4 Å². The summed E-state index contributed by atoms with van der Waals surface area (Å²) in [5, 5.41) is 13.8. The van der Waals surface area contributed by atoms with Gasteiger partial charge in [0.1, 0.15) is 11.4 Å². The molecule has 3 rings (SSSR count). The highest BCUT2D eigenvalue weighted by Crippen LogP contribution is 2.30. The van der Waals surface area contributed by atoms with Crippen molar-refractivity contribution in [3.63, 3.8) is 0 Å². The lowest BCUT2D eigenvalue weighted by molar-refractivity contribution is -0.384. The first-order chi connectivity index (χ1) is 13.5. The number of benzene rings is 3. The molecular weight excluding hydrogens is 356 g/mol. The van der Waals surface area contributed by atoms with Crippen molar-refractivity contribution in [1.29, 1.82) is 0 Å². The van der Waals surface area contributed by atoms with Gasteiger partial charge in [0.25, 0.3) is 11.6 Å². The number of hydrogen-bond acceptors (Lipinski definition) is 4. The molecule has 3 aromatic rings. The highest BCUT2D eigenvalue weighted by Gasteiger charge is 2.19. The molecule has 1 N–H and O–H groups in total. The normalized spacial score (nSPS) is 10.4. The molecule has 0 aliphatic heterocycles. The van der Waals surface area contributed by atoms with E-state index < -0.39 is 10.8 Å². The second-order valence-corrected chi connectivity index (χ2v) is 6.39. The van der Waals surface area contributed by atoms with E-state index in [-0.39, 0.29) is 18.0 Å². The standard InChI is InChI=1S/C22H20N2O4/c1-15-8-13-20(24(26)27)22(16(15)2)23-21(25)14-28-19-11-9-18(10-12-19)17-6-4-3-5-7-17/h3-13H,14H2,1-2H3,(H,23,25). The number of amides is 1. The zero-order valence-corrected chi connectivity index (χ0v) is 15.6. The van der Waals surface area contributed by atoms with Crippen LogP contribution < -0.4 is 10.1 Å². The molecule has 6 heteroatoms. The topological polar surface area (TPSA) is 81.5 Å². The number of aryl methyl sites for hydroxylation is 1. The summed E-state index contributed by atoms with van der Waals surface area (Å²) in [6, 6.07) is 20.4. The number of carbonyl (C=O) groups is 1. The number of carbonyl (C=O) groups excluding carboxylic acids is 1. The smallest absolute Gasteiger partial charge is 0.293 e. The van der Waals surface area contributed by atoms with E-state index in [0.717, 1.165) is 16.7 Å². The maximum Gasteiger partial charge on any atom is 0.293 e. The van der Waals surface area contributed by atoms with Gasteiger partial charge in [-0.15, -0.1) is 0 Å². The van der Waals surface area contributed by atoms with Crippen LogP contribution in [0.1, 0.15) is 11.1 Å². The van der Waals surface area contributed by atoms with Crippen molar-refractivity contribution in [3.8, 4) is 16.9 Å². The van der Waals surface area contributed by atoms with E-state index in [2.05, 4.69) is 5.32 Å². The summed E-state index contributed by atoms with van der Waals surface area (Å²) in [7, 11) is 0. The molecule has 1 amide bonds. The minimum atomic E-state index is -0.509. The minimum Gasteiger partial charge on any atom is -0.484 e. The van der Waals surface area contributed by atoms with Gasteiger partial charge in [0.15, 0.2) is 6.61 Å². The summed E-state index contributed by atoms with van der Waals surface area (Å²) >= 11 is 0. The summed E-state index contributed by atoms with van der Waals surface area (Å²) < 4.78 is 5.52. The van der Waals surface area contributed by atoms with Crippen molar-refractivity contribution in [1.82, 2.24) is 0 Å². The molecule has 0 heterocycles. The van der Waals surface area contributed by atoms with Crippen molar-refractivity contribution >= 4 is 17.3 Å². The Hall–Kier alpha value is -3.67. The Balaban J connectivity index is 1.65. The number of rotatable bonds is 6. The third kappa shape index (κ3) is 4.35. The lowest BCUT2D eigenvalue weighted by Crippen LogP contribution is -2.21. The molecule has 0 fully saturated rings. The maximum atomic E-state index is 12.3. The molecule has 0 atom stereocenters. The zero-order valence-electron chi connectivity index (χ0n) is 15.6. The second-order valence-electron chi connectivity index (χ2n) is 6.39. The van der Waals surface area contributed by atoms with E-state index in [9.17, 15) is 14.9 Å². The largest absolute Gasteiger partial charge is 0.484 e. The fraction of sp³-hybridized carbons (Fsp3) is 0.136. The van der Waals surface area contributed by atoms with E-state index >= 15 is 0 Å². The number of hydrogen-bond donors (Lipinski definition) is 1. The number of nitro groups is 1. The van der Waals surface area contributed by atoms with Crippen LogP contribution in [0.5, 0.6) is 5.75 Å². The Morgan fingerprint density at radius 3 is 2.25 bits per heavy atom. The molecule has 142 valence electrons. The highest BCUT2D eigenvalue weighted by atomic mass is 16.6. The molecule has 28 heavy (non-hydrogen) atoms. The Bertz CT molecular complexity index is 999. The van der Waals surface area contributed by atoms with Crippen LogP contribution in [-0.2, 0) is 4.79 Å². The third-order valence-electron chi connectivity index (χ3n) is 4.51. The fourth-order valence-corrected chi connectivity index (χ4v) is 2.81. The number of nitro benzene ring substituents is 1. The summed E-state index contributed by atoms with van der Waals surface area (Å²) in [5.41, 5.74) is 3.73. The molecule has 0 bridgehead atoms. The molecule has 0 aliphatic carbocycles. The van der Waals surface area contributed by atoms with Crippen molar-refractivity contribution in [3.05, 3.63) is 88.0 Å². The van der Waals surface area contributed by atoms with Crippen LogP contribution in [0.15, 0.2) is 66.7 Å². The van der Waals surface area contributed by atoms with Gasteiger partial charge in [0.2, 0.25) is 0 Å². The summed E-state index contributed by atoms with van der Waals surface area (Å²) in [5.74, 6) is 0.0919. The average molecular weight is 376 g/mol. The van der Waals surface area contributed by atoms with Gasteiger partial charge in [-0.1, -0.05) is 48.5 Å². The third-order valence-corrected chi connectivity index (χ3v) is 4.51. The predicted octanol–water partition coefficient (Wildman–Crippen LogP) is 4.90. The van der Waals surface area contributed by atoms with Gasteiger partial charge in [-0.25, -0.2) is 0 Å². The summed E-state index contributed by atoms with van der Waals surface area (Å²) in [4.78, 5) is 23.0. The van der Waals surface area contributed by atoms with Crippen LogP contribution in [0.4, 0.5) is 11.4 Å². The van der Waals surface area contributed by atoms with E-state index in [4.69, 9.17) is 4.74 Å². The van der Waals surface area contributed by atoms with Crippen molar-refractivity contribution in [2.24, 2.45) is 0 Å². The van der Waals surface area contributed by atoms with Gasteiger partial charge in [-0.05, 0) is 48.2 Å². The Labute approximate surface area is 162 Å². The highest BCUT2D eigenvalue weighted by molar-refractivity contribution is 5.95. The second kappa shape index (κ2) is 8.35. The summed E-state index contributed by atoms with van der Waals surface area (Å²) in [6.45, 7) is 3.33. The lowest BCUT2D eigenvalue weighted by atomic mass is 10.1. The van der Waals surface area contributed by atoms with Crippen LogP contribution >= 0.6 is 0 Å². The maximum absolute atomic E-state index is 12.3. The molecule has 0 unspecified atom stereocenters. The Kier molecular flexibility index (Phi) is 5.69. The molecular formula is C22H20N2O4. The van der Waals surface area contributed by atoms with E-state index in [1.165, 1.54) is 6.07 Å². The van der Waals surface area contributed by atoms with E-state index in [0.29, 0.717) is 11.3 Å². The van der Waals surface area contributed by atoms with Crippen LogP contribution in [0.3, 0.4) is 0 Å². The first-order valence-electron chi connectivity index (χ1n) is 8.78. The molecule has 0 aromatic heterocycles. The molecule has 0 spiro atoms. The summed E-state index contributed by atoms with van der Waals surface area (Å²) in [6.07, 6.45) is 0. The van der Waals surface area contributed by atoms with Gasteiger partial charge in [-0.3, -0.25) is 14.9 Å². The molecule has 0 radical (unpaired) electrons. The molecule has 6 nitrogen and oxygen atoms in total. The monoisotopic (exact) mass is 376 g/mol. The van der Waals surface area contributed by atoms with Gasteiger partial charge >= 0.3 is 0 Å². The number of nitrogens with zero attached hydrogens (tertiary/aromatic N) is 1. The first-order valence-corrected chi connectivity index (χ1v) is 8.78. The van der Waals surface area contributed by atoms with E-state index in [1.54, 1.807) is 25.1 Å². The van der Waals surface area contributed by atoms with Crippen LogP contribution in [0.25, 0.3) is 11.1 Å². The molecule has 0 aliphatic rings. The lowest BCUT2D eigenvalue weighted by Gasteiger charge is -2.12. The first kappa shape index (κ1) is 19.1. The molecule has 3 aromatic carbocycles. The quantitative estimate of drug-likeness (QED) is 0.490. The van der Waals surface area contributed by atoms with Crippen molar-refractivity contribution in [2.45, 2.75) is 13.8 Å². The SMILES string of the molecule is Cc1ccc([N+](=O)[O-])c(NC(=O)COc2ccc(-c3ccccc3)cc2)c1C. The van der Waals surface area contributed by atoms with E-state index in [1.807, 2.05) is 49.4 Å². The average Bonchev–Trinajstić information content (AvgIpc) is 2.71. The van der Waals surface area contributed by atoms with Gasteiger partial charge in [0, 0.05) is 6.07 Å². The fourth-order valence-electron chi connectivity index (χ4n) is 2.81. The van der Waals surface area contributed by atoms with Crippen LogP contribution in [0, 0.1) is 24.0 Å². The molecule has 0 saturated heterocycles. The predicted molar refractivity (Wildman–Crippen MR) is 109 cm³/mol. The van der Waals surface area contributed by atoms with Crippen LogP contribution in [0.2, 0.25) is 0 Å². The number of anilines is 1. The minimum absolute atomic E-state index is 0.135. The van der Waals surface area contributed by atoms with Gasteiger partial charge < -0.3 is 10.1 Å². The van der Waals surface area contributed by atoms with Crippen molar-refractivity contribution < 1.29 is 14.5 Å². The molecule has 0 saturated carbocycles. The van der Waals surface area contributed by atoms with Gasteiger partial charge in [0.05, 0.1) is 4.92 Å².